The molecule has 0 fully saturated rings. The Morgan fingerprint density at radius 1 is 0.875 bits per heavy atom. The van der Waals surface area contributed by atoms with Gasteiger partial charge in [-0.25, -0.2) is 9.97 Å². The molecule has 4 aromatic rings. The van der Waals surface area contributed by atoms with Crippen LogP contribution in [0, 0.1) is 0 Å². The van der Waals surface area contributed by atoms with Crippen LogP contribution in [0.2, 0.25) is 0 Å². The van der Waals surface area contributed by atoms with Gasteiger partial charge in [0, 0.05) is 18.8 Å². The molecule has 4 rings (SSSR count). The minimum Gasteiger partial charge on any atom is -0.437 e. The highest BCUT2D eigenvalue weighted by atomic mass is 16.5. The van der Waals surface area contributed by atoms with Gasteiger partial charge in [0.2, 0.25) is 11.8 Å². The maximum Gasteiger partial charge on any atom is 0.243 e. The van der Waals surface area contributed by atoms with Crippen LogP contribution in [-0.2, 0) is 17.9 Å². The summed E-state index contributed by atoms with van der Waals surface area (Å²) in [4.78, 5) is 9.36. The van der Waals surface area contributed by atoms with Gasteiger partial charge in [-0.15, -0.1) is 0 Å². The highest BCUT2D eigenvalue weighted by molar-refractivity contribution is 5.81. The van der Waals surface area contributed by atoms with Gasteiger partial charge in [-0.3, -0.25) is 0 Å². The highest BCUT2D eigenvalue weighted by Gasteiger charge is 2.21. The van der Waals surface area contributed by atoms with Crippen molar-refractivity contribution >= 4 is 22.7 Å². The number of ether oxygens (including phenoxy) is 1. The number of anilines is 2. The van der Waals surface area contributed by atoms with Gasteiger partial charge in [-0.2, -0.15) is 0 Å². The number of imidazole rings is 1. The normalized spacial score (nSPS) is 12.2. The highest BCUT2D eigenvalue weighted by Crippen LogP contribution is 2.36. The lowest BCUT2D eigenvalue weighted by molar-refractivity contribution is 0.442. The summed E-state index contributed by atoms with van der Waals surface area (Å²) in [5.41, 5.74) is 5.24. The Morgan fingerprint density at radius 3 is 2.34 bits per heavy atom. The maximum atomic E-state index is 6.31. The fourth-order valence-electron chi connectivity index (χ4n) is 3.75. The van der Waals surface area contributed by atoms with Gasteiger partial charge < -0.3 is 14.6 Å². The SMILES string of the molecule is Cn1c(Nc2cccnc2Oc2ccccc2C(C)(C)C)nc2cc(C(C)(C)C)ccc21. The lowest BCUT2D eigenvalue weighted by Gasteiger charge is -2.22. The molecule has 0 spiro atoms. The molecule has 0 aliphatic heterocycles. The summed E-state index contributed by atoms with van der Waals surface area (Å²) in [6, 6.07) is 18.4. The first-order valence-electron chi connectivity index (χ1n) is 11.0. The molecule has 0 aliphatic rings. The van der Waals surface area contributed by atoms with Crippen molar-refractivity contribution in [1.82, 2.24) is 14.5 Å². The van der Waals surface area contributed by atoms with E-state index < -0.39 is 0 Å². The minimum absolute atomic E-state index is 0.0406. The quantitative estimate of drug-likeness (QED) is 0.377. The Labute approximate surface area is 190 Å². The minimum atomic E-state index is -0.0406. The second kappa shape index (κ2) is 7.97. The van der Waals surface area contributed by atoms with E-state index in [1.807, 2.05) is 37.4 Å². The van der Waals surface area contributed by atoms with Crippen molar-refractivity contribution in [3.63, 3.8) is 0 Å². The van der Waals surface area contributed by atoms with Crippen molar-refractivity contribution in [3.05, 3.63) is 71.9 Å². The first kappa shape index (κ1) is 21.9. The van der Waals surface area contributed by atoms with E-state index in [-0.39, 0.29) is 10.8 Å². The summed E-state index contributed by atoms with van der Waals surface area (Å²) in [5, 5.41) is 3.43. The van der Waals surface area contributed by atoms with Crippen LogP contribution in [0.1, 0.15) is 52.7 Å². The summed E-state index contributed by atoms with van der Waals surface area (Å²) in [6.07, 6.45) is 1.74. The zero-order chi connectivity index (χ0) is 23.1. The molecular formula is C27H32N4O. The standard InChI is InChI=1S/C27H32N4O/c1-26(2,3)18-14-15-22-21(17-18)30-25(31(22)7)29-20-12-10-16-28-24(20)32-23-13-9-8-11-19(23)27(4,5)6/h8-17H,1-7H3,(H,29,30). The molecule has 1 N–H and O–H groups in total. The molecule has 0 bridgehead atoms. The smallest absolute Gasteiger partial charge is 0.243 e. The lowest BCUT2D eigenvalue weighted by Crippen LogP contribution is -2.12. The Bertz CT molecular complexity index is 1260. The molecular weight excluding hydrogens is 396 g/mol. The van der Waals surface area contributed by atoms with Gasteiger partial charge >= 0.3 is 0 Å². The second-order valence-corrected chi connectivity index (χ2v) is 10.3. The van der Waals surface area contributed by atoms with Gasteiger partial charge in [0.1, 0.15) is 11.4 Å². The molecule has 5 nitrogen and oxygen atoms in total. The Morgan fingerprint density at radius 2 is 1.62 bits per heavy atom. The summed E-state index contributed by atoms with van der Waals surface area (Å²) < 4.78 is 8.36. The van der Waals surface area contributed by atoms with Crippen molar-refractivity contribution in [2.45, 2.75) is 52.4 Å². The molecule has 0 unspecified atom stereocenters. The molecule has 2 aromatic heterocycles. The molecule has 0 saturated heterocycles. The van der Waals surface area contributed by atoms with Crippen LogP contribution in [0.15, 0.2) is 60.8 Å². The molecule has 0 saturated carbocycles. The lowest BCUT2D eigenvalue weighted by atomic mass is 9.86. The average molecular weight is 429 g/mol. The van der Waals surface area contributed by atoms with Gasteiger partial charge in [0.15, 0.2) is 0 Å². The van der Waals surface area contributed by atoms with Crippen molar-refractivity contribution < 1.29 is 4.74 Å². The number of benzene rings is 2. The predicted molar refractivity (Wildman–Crippen MR) is 132 cm³/mol. The van der Waals surface area contributed by atoms with Crippen molar-refractivity contribution in [2.24, 2.45) is 7.05 Å². The first-order chi connectivity index (χ1) is 15.0. The van der Waals surface area contributed by atoms with Gasteiger partial charge in [0.05, 0.1) is 11.0 Å². The second-order valence-electron chi connectivity index (χ2n) is 10.3. The molecule has 0 aliphatic carbocycles. The van der Waals surface area contributed by atoms with Gasteiger partial charge in [0.25, 0.3) is 0 Å². The average Bonchev–Trinajstić information content (AvgIpc) is 3.03. The molecule has 2 heterocycles. The predicted octanol–water partition coefficient (Wildman–Crippen LogP) is 7.10. The summed E-state index contributed by atoms with van der Waals surface area (Å²) in [5.74, 6) is 2.07. The number of rotatable bonds is 4. The third kappa shape index (κ3) is 4.33. The van der Waals surface area contributed by atoms with Crippen molar-refractivity contribution in [1.29, 1.82) is 0 Å². The van der Waals surface area contributed by atoms with E-state index in [9.17, 15) is 0 Å². The Hall–Kier alpha value is -3.34. The van der Waals surface area contributed by atoms with Crippen LogP contribution in [0.4, 0.5) is 11.6 Å². The van der Waals surface area contributed by atoms with E-state index in [0.29, 0.717) is 5.88 Å². The molecule has 0 radical (unpaired) electrons. The van der Waals surface area contributed by atoms with E-state index in [1.54, 1.807) is 6.20 Å². The number of aryl methyl sites for hydroxylation is 1. The largest absolute Gasteiger partial charge is 0.437 e. The number of para-hydroxylation sites is 1. The zero-order valence-electron chi connectivity index (χ0n) is 20.0. The number of fused-ring (bicyclic) bond motifs is 1. The van der Waals surface area contributed by atoms with Gasteiger partial charge in [-0.1, -0.05) is 65.8 Å². The van der Waals surface area contributed by atoms with E-state index in [4.69, 9.17) is 9.72 Å². The topological polar surface area (TPSA) is 52.0 Å². The van der Waals surface area contributed by atoms with E-state index in [1.165, 1.54) is 5.56 Å². The molecule has 2 aromatic carbocycles. The van der Waals surface area contributed by atoms with Crippen LogP contribution < -0.4 is 10.1 Å². The van der Waals surface area contributed by atoms with Crippen molar-refractivity contribution in [3.8, 4) is 11.6 Å². The number of pyridine rings is 1. The van der Waals surface area contributed by atoms with Crippen LogP contribution in [0.25, 0.3) is 11.0 Å². The summed E-state index contributed by atoms with van der Waals surface area (Å²) >= 11 is 0. The molecule has 166 valence electrons. The molecule has 5 heteroatoms. The third-order valence-electron chi connectivity index (χ3n) is 5.67. The third-order valence-corrected chi connectivity index (χ3v) is 5.67. The Kier molecular flexibility index (Phi) is 5.45. The van der Waals surface area contributed by atoms with E-state index in [2.05, 4.69) is 80.7 Å². The zero-order valence-corrected chi connectivity index (χ0v) is 20.0. The van der Waals surface area contributed by atoms with Crippen LogP contribution in [-0.4, -0.2) is 14.5 Å². The van der Waals surface area contributed by atoms with Crippen molar-refractivity contribution in [2.75, 3.05) is 5.32 Å². The number of hydrogen-bond acceptors (Lipinski definition) is 4. The monoisotopic (exact) mass is 428 g/mol. The fourth-order valence-corrected chi connectivity index (χ4v) is 3.75. The number of nitrogens with one attached hydrogen (secondary N) is 1. The van der Waals surface area contributed by atoms with Crippen LogP contribution >= 0.6 is 0 Å². The number of nitrogens with zero attached hydrogens (tertiary/aromatic N) is 3. The summed E-state index contributed by atoms with van der Waals surface area (Å²) in [7, 11) is 2.01. The molecule has 32 heavy (non-hydrogen) atoms. The Balaban J connectivity index is 1.69. The number of hydrogen-bond donors (Lipinski definition) is 1. The molecule has 0 amide bonds. The molecule has 0 atom stereocenters. The summed E-state index contributed by atoms with van der Waals surface area (Å²) in [6.45, 7) is 13.2. The van der Waals surface area contributed by atoms with Crippen LogP contribution in [0.5, 0.6) is 11.6 Å². The first-order valence-corrected chi connectivity index (χ1v) is 11.0. The van der Waals surface area contributed by atoms with Crippen LogP contribution in [0.3, 0.4) is 0 Å². The number of aromatic nitrogens is 3. The fraction of sp³-hybridized carbons (Fsp3) is 0.333. The maximum absolute atomic E-state index is 6.31. The van der Waals surface area contributed by atoms with E-state index >= 15 is 0 Å². The van der Waals surface area contributed by atoms with Gasteiger partial charge in [-0.05, 0) is 46.7 Å². The van der Waals surface area contributed by atoms with E-state index in [0.717, 1.165) is 34.0 Å².